The van der Waals surface area contributed by atoms with Gasteiger partial charge >= 0.3 is 0 Å². The van der Waals surface area contributed by atoms with Crippen LogP contribution in [-0.4, -0.2) is 21.1 Å². The van der Waals surface area contributed by atoms with Crippen molar-refractivity contribution in [2.24, 2.45) is 5.73 Å². The maximum atomic E-state index is 13.5. The average molecular weight is 346 g/mol. The molecule has 0 bridgehead atoms. The summed E-state index contributed by atoms with van der Waals surface area (Å²) in [6.45, 7) is 1.40. The second-order valence-electron chi connectivity index (χ2n) is 6.13. The summed E-state index contributed by atoms with van der Waals surface area (Å²) in [4.78, 5) is 8.77. The third-order valence-corrected chi connectivity index (χ3v) is 4.49. The lowest BCUT2D eigenvalue weighted by molar-refractivity contribution is 0.628. The van der Waals surface area contributed by atoms with E-state index < -0.39 is 0 Å². The van der Waals surface area contributed by atoms with Crippen molar-refractivity contribution in [2.45, 2.75) is 13.0 Å². The highest BCUT2D eigenvalue weighted by molar-refractivity contribution is 6.02. The van der Waals surface area contributed by atoms with Crippen LogP contribution in [-0.2, 0) is 6.54 Å². The number of rotatable bonds is 5. The number of halogens is 1. The van der Waals surface area contributed by atoms with Gasteiger partial charge in [-0.05, 0) is 54.9 Å². The predicted octanol–water partition coefficient (Wildman–Crippen LogP) is 4.25. The van der Waals surface area contributed by atoms with Crippen LogP contribution in [0.3, 0.4) is 0 Å². The number of benzene rings is 1. The van der Waals surface area contributed by atoms with Crippen LogP contribution >= 0.6 is 0 Å². The van der Waals surface area contributed by atoms with E-state index in [9.17, 15) is 4.39 Å². The lowest BCUT2D eigenvalue weighted by atomic mass is 10.0. The third-order valence-electron chi connectivity index (χ3n) is 4.49. The molecule has 0 saturated heterocycles. The Bertz CT molecular complexity index is 1020. The first kappa shape index (κ1) is 16.4. The van der Waals surface area contributed by atoms with Crippen molar-refractivity contribution in [2.75, 3.05) is 6.54 Å². The quantitative estimate of drug-likeness (QED) is 0.588. The monoisotopic (exact) mass is 346 g/mol. The molecule has 3 aromatic heterocycles. The molecule has 0 radical (unpaired) electrons. The molecule has 2 N–H and O–H groups in total. The SMILES string of the molecule is NCCCn1c(-c2ccncc2)c(-c2ccc(F)cc2)c2ncccc21. The van der Waals surface area contributed by atoms with Crippen LogP contribution in [0.15, 0.2) is 67.1 Å². The van der Waals surface area contributed by atoms with Gasteiger partial charge in [-0.3, -0.25) is 9.97 Å². The van der Waals surface area contributed by atoms with E-state index in [2.05, 4.69) is 20.6 Å². The van der Waals surface area contributed by atoms with Gasteiger partial charge in [0.15, 0.2) is 0 Å². The molecule has 0 amide bonds. The van der Waals surface area contributed by atoms with Crippen LogP contribution in [0.2, 0.25) is 0 Å². The second kappa shape index (κ2) is 7.06. The summed E-state index contributed by atoms with van der Waals surface area (Å²) in [7, 11) is 0. The molecule has 4 nitrogen and oxygen atoms in total. The van der Waals surface area contributed by atoms with E-state index in [0.29, 0.717) is 6.54 Å². The molecule has 130 valence electrons. The minimum Gasteiger partial charge on any atom is -0.339 e. The number of fused-ring (bicyclic) bond motifs is 1. The second-order valence-corrected chi connectivity index (χ2v) is 6.13. The molecular weight excluding hydrogens is 327 g/mol. The smallest absolute Gasteiger partial charge is 0.123 e. The standard InChI is InChI=1S/C21H19FN4/c22-17-6-4-15(5-7-17)19-20-18(3-1-11-25-20)26(14-2-10-23)21(19)16-8-12-24-13-9-16/h1,3-9,11-13H,2,10,14,23H2. The largest absolute Gasteiger partial charge is 0.339 e. The first-order valence-electron chi connectivity index (χ1n) is 8.63. The molecule has 0 spiro atoms. The predicted molar refractivity (Wildman–Crippen MR) is 102 cm³/mol. The van der Waals surface area contributed by atoms with Gasteiger partial charge in [0.05, 0.1) is 16.7 Å². The zero-order valence-electron chi connectivity index (χ0n) is 14.3. The number of pyridine rings is 2. The fourth-order valence-electron chi connectivity index (χ4n) is 3.36. The van der Waals surface area contributed by atoms with E-state index in [0.717, 1.165) is 46.4 Å². The number of nitrogens with zero attached hydrogens (tertiary/aromatic N) is 3. The molecule has 0 aliphatic rings. The van der Waals surface area contributed by atoms with E-state index in [1.54, 1.807) is 30.7 Å². The molecule has 5 heteroatoms. The lowest BCUT2D eigenvalue weighted by Crippen LogP contribution is -2.07. The van der Waals surface area contributed by atoms with Crippen molar-refractivity contribution in [3.63, 3.8) is 0 Å². The minimum absolute atomic E-state index is 0.251. The minimum atomic E-state index is -0.251. The molecule has 26 heavy (non-hydrogen) atoms. The van der Waals surface area contributed by atoms with Gasteiger partial charge in [-0.15, -0.1) is 0 Å². The highest BCUT2D eigenvalue weighted by Gasteiger charge is 2.20. The van der Waals surface area contributed by atoms with Crippen LogP contribution in [0.1, 0.15) is 6.42 Å². The summed E-state index contributed by atoms with van der Waals surface area (Å²) in [5, 5.41) is 0. The number of hydrogen-bond donors (Lipinski definition) is 1. The van der Waals surface area contributed by atoms with Gasteiger partial charge in [0.1, 0.15) is 5.82 Å². The van der Waals surface area contributed by atoms with Crippen molar-refractivity contribution in [3.8, 4) is 22.4 Å². The molecule has 0 atom stereocenters. The Kier molecular flexibility index (Phi) is 4.46. The number of hydrogen-bond acceptors (Lipinski definition) is 3. The Morgan fingerprint density at radius 2 is 1.69 bits per heavy atom. The average Bonchev–Trinajstić information content (AvgIpc) is 3.02. The topological polar surface area (TPSA) is 56.7 Å². The van der Waals surface area contributed by atoms with Crippen LogP contribution in [0.4, 0.5) is 4.39 Å². The highest BCUT2D eigenvalue weighted by atomic mass is 19.1. The van der Waals surface area contributed by atoms with E-state index in [4.69, 9.17) is 5.73 Å². The number of aryl methyl sites for hydroxylation is 1. The first-order chi connectivity index (χ1) is 12.8. The van der Waals surface area contributed by atoms with Crippen molar-refractivity contribution >= 4 is 11.0 Å². The van der Waals surface area contributed by atoms with Gasteiger partial charge < -0.3 is 10.3 Å². The van der Waals surface area contributed by atoms with E-state index in [1.165, 1.54) is 12.1 Å². The van der Waals surface area contributed by atoms with Gasteiger partial charge in [0, 0.05) is 36.3 Å². The molecule has 0 unspecified atom stereocenters. The van der Waals surface area contributed by atoms with Gasteiger partial charge in [0.2, 0.25) is 0 Å². The fourth-order valence-corrected chi connectivity index (χ4v) is 3.36. The summed E-state index contributed by atoms with van der Waals surface area (Å²) in [6, 6.07) is 14.5. The first-order valence-corrected chi connectivity index (χ1v) is 8.63. The molecule has 4 rings (SSSR count). The summed E-state index contributed by atoms with van der Waals surface area (Å²) >= 11 is 0. The zero-order chi connectivity index (χ0) is 17.9. The zero-order valence-corrected chi connectivity index (χ0v) is 14.3. The highest BCUT2D eigenvalue weighted by Crippen LogP contribution is 2.39. The Hall–Kier alpha value is -3.05. The van der Waals surface area contributed by atoms with E-state index in [-0.39, 0.29) is 5.82 Å². The Morgan fingerprint density at radius 3 is 2.42 bits per heavy atom. The molecule has 0 aliphatic heterocycles. The van der Waals surface area contributed by atoms with Crippen molar-refractivity contribution in [1.29, 1.82) is 0 Å². The molecule has 0 aliphatic carbocycles. The van der Waals surface area contributed by atoms with Gasteiger partial charge in [-0.1, -0.05) is 12.1 Å². The molecule has 0 fully saturated rings. The van der Waals surface area contributed by atoms with Crippen molar-refractivity contribution in [1.82, 2.24) is 14.5 Å². The summed E-state index contributed by atoms with van der Waals surface area (Å²) in [5.74, 6) is -0.251. The molecule has 4 aromatic rings. The summed E-state index contributed by atoms with van der Waals surface area (Å²) in [6.07, 6.45) is 6.21. The normalized spacial score (nSPS) is 11.2. The van der Waals surface area contributed by atoms with Crippen molar-refractivity contribution < 1.29 is 4.39 Å². The number of nitrogens with two attached hydrogens (primary N) is 1. The molecule has 0 saturated carbocycles. The Morgan fingerprint density at radius 1 is 0.923 bits per heavy atom. The van der Waals surface area contributed by atoms with Crippen LogP contribution < -0.4 is 5.73 Å². The maximum absolute atomic E-state index is 13.5. The van der Waals surface area contributed by atoms with Gasteiger partial charge in [-0.25, -0.2) is 4.39 Å². The summed E-state index contributed by atoms with van der Waals surface area (Å²) in [5.41, 5.74) is 11.8. The molecule has 3 heterocycles. The molecule has 1 aromatic carbocycles. The van der Waals surface area contributed by atoms with Gasteiger partial charge in [-0.2, -0.15) is 0 Å². The Labute approximate surface area is 151 Å². The van der Waals surface area contributed by atoms with Crippen LogP contribution in [0.5, 0.6) is 0 Å². The van der Waals surface area contributed by atoms with Crippen LogP contribution in [0, 0.1) is 5.82 Å². The van der Waals surface area contributed by atoms with Gasteiger partial charge in [0.25, 0.3) is 0 Å². The van der Waals surface area contributed by atoms with E-state index in [1.807, 2.05) is 18.2 Å². The van der Waals surface area contributed by atoms with E-state index >= 15 is 0 Å². The lowest BCUT2D eigenvalue weighted by Gasteiger charge is -2.12. The molecular formula is C21H19FN4. The van der Waals surface area contributed by atoms with Crippen molar-refractivity contribution in [3.05, 3.63) is 72.9 Å². The number of aromatic nitrogens is 3. The van der Waals surface area contributed by atoms with Crippen LogP contribution in [0.25, 0.3) is 33.4 Å². The third kappa shape index (κ3) is 2.86. The summed E-state index contributed by atoms with van der Waals surface area (Å²) < 4.78 is 15.7. The maximum Gasteiger partial charge on any atom is 0.123 e. The Balaban J connectivity index is 2.06. The fraction of sp³-hybridized carbons (Fsp3) is 0.143.